The molecule has 6 rings (SSSR count). The molecule has 0 spiro atoms. The van der Waals surface area contributed by atoms with Crippen LogP contribution in [0, 0.1) is 59.2 Å². The van der Waals surface area contributed by atoms with Gasteiger partial charge in [-0.1, -0.05) is 12.2 Å². The van der Waals surface area contributed by atoms with Gasteiger partial charge in [-0.25, -0.2) is 0 Å². The Hall–Kier alpha value is -1.32. The van der Waals surface area contributed by atoms with Gasteiger partial charge in [-0.15, -0.1) is 0 Å². The van der Waals surface area contributed by atoms with Crippen LogP contribution in [-0.2, 0) is 19.1 Å². The van der Waals surface area contributed by atoms with Crippen molar-refractivity contribution in [1.82, 2.24) is 0 Å². The third kappa shape index (κ3) is 0.895. The predicted octanol–water partition coefficient (Wildman–Crippen LogP) is 1.12. The number of ether oxygens (including phenoxy) is 2. The second-order valence-electron chi connectivity index (χ2n) is 7.10. The first kappa shape index (κ1) is 11.4. The molecular formula is C16H18O4. The highest BCUT2D eigenvalue weighted by Crippen LogP contribution is 2.83. The summed E-state index contributed by atoms with van der Waals surface area (Å²) < 4.78 is 10.0. The molecule has 0 aromatic heterocycles. The van der Waals surface area contributed by atoms with E-state index < -0.39 is 0 Å². The largest absolute Gasteiger partial charge is 0.469 e. The first-order chi connectivity index (χ1) is 9.70. The predicted molar refractivity (Wildman–Crippen MR) is 68.1 cm³/mol. The molecule has 8 bridgehead atoms. The summed E-state index contributed by atoms with van der Waals surface area (Å²) in [5.41, 5.74) is 0. The summed E-state index contributed by atoms with van der Waals surface area (Å²) in [5, 5.41) is 0. The lowest BCUT2D eigenvalue weighted by atomic mass is 9.65. The van der Waals surface area contributed by atoms with Crippen LogP contribution in [0.4, 0.5) is 0 Å². The molecule has 5 fully saturated rings. The average Bonchev–Trinajstić information content (AvgIpc) is 3.23. The minimum Gasteiger partial charge on any atom is -0.469 e. The van der Waals surface area contributed by atoms with Crippen LogP contribution < -0.4 is 0 Å². The van der Waals surface area contributed by atoms with E-state index in [4.69, 9.17) is 9.47 Å². The zero-order valence-electron chi connectivity index (χ0n) is 11.6. The van der Waals surface area contributed by atoms with Crippen LogP contribution in [0.3, 0.4) is 0 Å². The maximum Gasteiger partial charge on any atom is 0.309 e. The van der Waals surface area contributed by atoms with Crippen molar-refractivity contribution in [1.29, 1.82) is 0 Å². The number of hydrogen-bond donors (Lipinski definition) is 0. The van der Waals surface area contributed by atoms with Gasteiger partial charge in [0.25, 0.3) is 0 Å². The smallest absolute Gasteiger partial charge is 0.309 e. The van der Waals surface area contributed by atoms with Crippen molar-refractivity contribution in [3.63, 3.8) is 0 Å². The van der Waals surface area contributed by atoms with Crippen molar-refractivity contribution < 1.29 is 19.1 Å². The summed E-state index contributed by atoms with van der Waals surface area (Å²) >= 11 is 0. The molecule has 0 N–H and O–H groups in total. The molecule has 0 saturated heterocycles. The number of esters is 2. The standard InChI is InChI=1S/C16H18O4/c1-19-15(17)13-11-8-5-3-4-6-7(5)10(11)12(9(6)8)14(13)16(18)20-2/h3-14H,1-2H3/t5-,6-,7?,8-,9+,10?,11-,12+,13+,14-/m0/s1. The van der Waals surface area contributed by atoms with Crippen molar-refractivity contribution >= 4 is 11.9 Å². The normalized spacial score (nSPS) is 58.7. The number of allylic oxidation sites excluding steroid dienone is 2. The Balaban J connectivity index is 1.61. The van der Waals surface area contributed by atoms with Crippen LogP contribution in [0.1, 0.15) is 0 Å². The Morgan fingerprint density at radius 3 is 1.55 bits per heavy atom. The Morgan fingerprint density at radius 1 is 0.700 bits per heavy atom. The highest BCUT2D eigenvalue weighted by molar-refractivity contribution is 5.84. The van der Waals surface area contributed by atoms with Gasteiger partial charge in [0.05, 0.1) is 26.1 Å². The van der Waals surface area contributed by atoms with Crippen LogP contribution in [-0.4, -0.2) is 26.2 Å². The van der Waals surface area contributed by atoms with Crippen LogP contribution in [0.5, 0.6) is 0 Å². The summed E-state index contributed by atoms with van der Waals surface area (Å²) in [6.07, 6.45) is 4.74. The van der Waals surface area contributed by atoms with Gasteiger partial charge >= 0.3 is 11.9 Å². The van der Waals surface area contributed by atoms with Crippen molar-refractivity contribution in [2.75, 3.05) is 14.2 Å². The van der Waals surface area contributed by atoms with Gasteiger partial charge in [0.1, 0.15) is 0 Å². The van der Waals surface area contributed by atoms with Crippen molar-refractivity contribution in [2.45, 2.75) is 0 Å². The zero-order valence-corrected chi connectivity index (χ0v) is 11.6. The second kappa shape index (κ2) is 3.29. The van der Waals surface area contributed by atoms with E-state index >= 15 is 0 Å². The summed E-state index contributed by atoms with van der Waals surface area (Å²) in [4.78, 5) is 24.5. The molecule has 10 atom stereocenters. The first-order valence-electron chi connectivity index (χ1n) is 7.54. The van der Waals surface area contributed by atoms with Crippen molar-refractivity contribution in [2.24, 2.45) is 59.2 Å². The Labute approximate surface area is 117 Å². The van der Waals surface area contributed by atoms with Gasteiger partial charge in [-0.05, 0) is 47.3 Å². The van der Waals surface area contributed by atoms with Gasteiger partial charge in [0.15, 0.2) is 0 Å². The molecule has 5 saturated carbocycles. The fourth-order valence-corrected chi connectivity index (χ4v) is 7.19. The lowest BCUT2D eigenvalue weighted by molar-refractivity contribution is -0.163. The fraction of sp³-hybridized carbons (Fsp3) is 0.750. The molecule has 2 unspecified atom stereocenters. The van der Waals surface area contributed by atoms with Gasteiger partial charge in [0.2, 0.25) is 0 Å². The Kier molecular flexibility index (Phi) is 1.87. The maximum atomic E-state index is 12.2. The summed E-state index contributed by atoms with van der Waals surface area (Å²) in [6, 6.07) is 0. The third-order valence-corrected chi connectivity index (χ3v) is 7.16. The third-order valence-electron chi connectivity index (χ3n) is 7.16. The fourth-order valence-electron chi connectivity index (χ4n) is 7.19. The minimum absolute atomic E-state index is 0.205. The Bertz CT molecular complexity index is 507. The van der Waals surface area contributed by atoms with Crippen LogP contribution >= 0.6 is 0 Å². The van der Waals surface area contributed by atoms with Crippen molar-refractivity contribution in [3.05, 3.63) is 12.2 Å². The molecule has 4 nitrogen and oxygen atoms in total. The Morgan fingerprint density at radius 2 is 1.15 bits per heavy atom. The molecule has 0 aromatic carbocycles. The van der Waals surface area contributed by atoms with Crippen molar-refractivity contribution in [3.8, 4) is 0 Å². The van der Waals surface area contributed by atoms with Gasteiger partial charge in [-0.3, -0.25) is 9.59 Å². The van der Waals surface area contributed by atoms with Gasteiger partial charge < -0.3 is 9.47 Å². The lowest BCUT2D eigenvalue weighted by Crippen LogP contribution is -2.44. The monoisotopic (exact) mass is 274 g/mol. The van der Waals surface area contributed by atoms with E-state index in [-0.39, 0.29) is 23.8 Å². The summed E-state index contributed by atoms with van der Waals surface area (Å²) in [5.74, 6) is 3.61. The molecule has 0 heterocycles. The maximum absolute atomic E-state index is 12.2. The second-order valence-corrected chi connectivity index (χ2v) is 7.10. The molecule has 106 valence electrons. The first-order valence-corrected chi connectivity index (χ1v) is 7.54. The van der Waals surface area contributed by atoms with E-state index in [0.717, 1.165) is 0 Å². The molecule has 6 aliphatic carbocycles. The molecule has 0 radical (unpaired) electrons. The molecule has 20 heavy (non-hydrogen) atoms. The van der Waals surface area contributed by atoms with E-state index in [9.17, 15) is 9.59 Å². The van der Waals surface area contributed by atoms with E-state index in [2.05, 4.69) is 12.2 Å². The van der Waals surface area contributed by atoms with Gasteiger partial charge in [-0.2, -0.15) is 0 Å². The highest BCUT2D eigenvalue weighted by atomic mass is 16.5. The average molecular weight is 274 g/mol. The number of hydrogen-bond acceptors (Lipinski definition) is 4. The van der Waals surface area contributed by atoms with E-state index in [1.165, 1.54) is 14.2 Å². The zero-order chi connectivity index (χ0) is 13.8. The number of carbonyl (C=O) groups excluding carboxylic acids is 2. The molecule has 6 aliphatic rings. The molecule has 0 amide bonds. The van der Waals surface area contributed by atoms with E-state index in [1.807, 2.05) is 0 Å². The molecule has 0 aromatic rings. The topological polar surface area (TPSA) is 52.6 Å². The van der Waals surface area contributed by atoms with Crippen LogP contribution in [0.25, 0.3) is 0 Å². The molecule has 4 heteroatoms. The van der Waals surface area contributed by atoms with Crippen LogP contribution in [0.2, 0.25) is 0 Å². The van der Waals surface area contributed by atoms with E-state index in [0.29, 0.717) is 47.3 Å². The highest BCUT2D eigenvalue weighted by Gasteiger charge is 2.82. The van der Waals surface area contributed by atoms with Gasteiger partial charge in [0, 0.05) is 0 Å². The number of methoxy groups -OCH3 is 2. The number of rotatable bonds is 2. The number of carbonyl (C=O) groups is 2. The SMILES string of the molecule is COC(=O)[C@@H]1[C@H](C(=O)OC)[C@@H]2C3C4[C@@H]5C=C[C@@H]4[C@@H]([C@H]31)[C@@H]25. The minimum atomic E-state index is -0.261. The molecule has 0 aliphatic heterocycles. The lowest BCUT2D eigenvalue weighted by Gasteiger charge is -2.39. The summed E-state index contributed by atoms with van der Waals surface area (Å²) in [6.45, 7) is 0. The summed E-state index contributed by atoms with van der Waals surface area (Å²) in [7, 11) is 2.86. The van der Waals surface area contributed by atoms with E-state index in [1.54, 1.807) is 0 Å². The quantitative estimate of drug-likeness (QED) is 0.559. The molecular weight excluding hydrogens is 256 g/mol. The van der Waals surface area contributed by atoms with Crippen LogP contribution in [0.15, 0.2) is 12.2 Å².